The molecule has 1 aromatic heterocycles. The average molecular weight is 299 g/mol. The Morgan fingerprint density at radius 2 is 2.40 bits per heavy atom. The van der Waals surface area contributed by atoms with Gasteiger partial charge in [-0.2, -0.15) is 0 Å². The van der Waals surface area contributed by atoms with Gasteiger partial charge in [-0.05, 0) is 31.7 Å². The number of halogens is 1. The Labute approximate surface area is 123 Å². The van der Waals surface area contributed by atoms with Crippen LogP contribution in [0.5, 0.6) is 0 Å². The molecule has 1 atom stereocenters. The van der Waals surface area contributed by atoms with Crippen LogP contribution in [-0.2, 0) is 4.74 Å². The van der Waals surface area contributed by atoms with Gasteiger partial charge < -0.3 is 15.5 Å². The summed E-state index contributed by atoms with van der Waals surface area (Å²) in [5.41, 5.74) is 2.77. The van der Waals surface area contributed by atoms with Crippen molar-refractivity contribution in [1.29, 1.82) is 0 Å². The summed E-state index contributed by atoms with van der Waals surface area (Å²) >= 11 is 5.92. The standard InChI is InChI=1S/C13H19ClN4O2/c14-11-7-9(8-17-12(11)18-15)13(19)16-5-4-10-3-1-2-6-20-10/h7-8,10H,1-6,15H2,(H,16,19)(H,17,18). The number of hydrogen-bond acceptors (Lipinski definition) is 5. The first-order chi connectivity index (χ1) is 9.70. The minimum absolute atomic E-state index is 0.196. The molecule has 7 heteroatoms. The second kappa shape index (κ2) is 7.42. The van der Waals surface area contributed by atoms with Crippen molar-refractivity contribution in [3.05, 3.63) is 22.8 Å². The van der Waals surface area contributed by atoms with E-state index in [1.54, 1.807) is 0 Å². The van der Waals surface area contributed by atoms with Crippen LogP contribution in [0.4, 0.5) is 5.82 Å². The molecule has 1 aliphatic rings. The lowest BCUT2D eigenvalue weighted by atomic mass is 10.1. The number of nitrogens with zero attached hydrogens (tertiary/aromatic N) is 1. The molecule has 0 aromatic carbocycles. The number of carbonyl (C=O) groups is 1. The SMILES string of the molecule is NNc1ncc(C(=O)NCCC2CCCCO2)cc1Cl. The fourth-order valence-corrected chi connectivity index (χ4v) is 2.37. The second-order valence-electron chi connectivity index (χ2n) is 4.73. The number of amides is 1. The van der Waals surface area contributed by atoms with Crippen LogP contribution in [0.1, 0.15) is 36.0 Å². The lowest BCUT2D eigenvalue weighted by Gasteiger charge is -2.22. The van der Waals surface area contributed by atoms with Crippen molar-refractivity contribution in [2.24, 2.45) is 5.84 Å². The van der Waals surface area contributed by atoms with Crippen molar-refractivity contribution >= 4 is 23.3 Å². The number of rotatable bonds is 5. The maximum Gasteiger partial charge on any atom is 0.252 e. The van der Waals surface area contributed by atoms with Gasteiger partial charge in [-0.3, -0.25) is 4.79 Å². The Morgan fingerprint density at radius 3 is 3.05 bits per heavy atom. The van der Waals surface area contributed by atoms with Gasteiger partial charge >= 0.3 is 0 Å². The van der Waals surface area contributed by atoms with Gasteiger partial charge in [-0.15, -0.1) is 0 Å². The maximum atomic E-state index is 11.9. The van der Waals surface area contributed by atoms with E-state index < -0.39 is 0 Å². The Morgan fingerprint density at radius 1 is 1.55 bits per heavy atom. The second-order valence-corrected chi connectivity index (χ2v) is 5.14. The third kappa shape index (κ3) is 4.06. The molecule has 0 spiro atoms. The third-order valence-electron chi connectivity index (χ3n) is 3.27. The van der Waals surface area contributed by atoms with Gasteiger partial charge in [0.15, 0.2) is 5.82 Å². The summed E-state index contributed by atoms with van der Waals surface area (Å²) in [7, 11) is 0. The number of nitrogen functional groups attached to an aromatic ring is 1. The van der Waals surface area contributed by atoms with Crippen LogP contribution in [0.25, 0.3) is 0 Å². The molecule has 1 fully saturated rings. The molecule has 6 nitrogen and oxygen atoms in total. The third-order valence-corrected chi connectivity index (χ3v) is 3.55. The first-order valence-electron chi connectivity index (χ1n) is 6.72. The quantitative estimate of drug-likeness (QED) is 0.569. The topological polar surface area (TPSA) is 89.3 Å². The molecular weight excluding hydrogens is 280 g/mol. The first kappa shape index (κ1) is 15.0. The highest BCUT2D eigenvalue weighted by Crippen LogP contribution is 2.19. The lowest BCUT2D eigenvalue weighted by molar-refractivity contribution is 0.0117. The monoisotopic (exact) mass is 298 g/mol. The van der Waals surface area contributed by atoms with Crippen molar-refractivity contribution in [1.82, 2.24) is 10.3 Å². The lowest BCUT2D eigenvalue weighted by Crippen LogP contribution is -2.29. The number of hydrazine groups is 1. The number of carbonyl (C=O) groups excluding carboxylic acids is 1. The van der Waals surface area contributed by atoms with Crippen LogP contribution in [0.15, 0.2) is 12.3 Å². The summed E-state index contributed by atoms with van der Waals surface area (Å²) in [6.07, 6.45) is 5.93. The molecule has 0 radical (unpaired) electrons. The molecule has 0 aliphatic carbocycles. The zero-order chi connectivity index (χ0) is 14.4. The van der Waals surface area contributed by atoms with E-state index in [0.29, 0.717) is 22.9 Å². The Bertz CT molecular complexity index is 464. The summed E-state index contributed by atoms with van der Waals surface area (Å²) in [5.74, 6) is 5.38. The largest absolute Gasteiger partial charge is 0.378 e. The van der Waals surface area contributed by atoms with Crippen LogP contribution < -0.4 is 16.6 Å². The normalized spacial score (nSPS) is 18.6. The van der Waals surface area contributed by atoms with Gasteiger partial charge in [0.25, 0.3) is 5.91 Å². The van der Waals surface area contributed by atoms with Crippen molar-refractivity contribution in [3.8, 4) is 0 Å². The summed E-state index contributed by atoms with van der Waals surface area (Å²) in [6, 6.07) is 1.54. The van der Waals surface area contributed by atoms with Gasteiger partial charge in [0.05, 0.1) is 16.7 Å². The van der Waals surface area contributed by atoms with Crippen LogP contribution in [-0.4, -0.2) is 30.1 Å². The summed E-state index contributed by atoms with van der Waals surface area (Å²) in [6.45, 7) is 1.41. The van der Waals surface area contributed by atoms with E-state index in [1.165, 1.54) is 18.7 Å². The Kier molecular flexibility index (Phi) is 5.58. The fourth-order valence-electron chi connectivity index (χ4n) is 2.15. The van der Waals surface area contributed by atoms with Gasteiger partial charge in [0.1, 0.15) is 0 Å². The fraction of sp³-hybridized carbons (Fsp3) is 0.538. The van der Waals surface area contributed by atoms with Crippen LogP contribution >= 0.6 is 11.6 Å². The molecule has 0 bridgehead atoms. The molecule has 20 heavy (non-hydrogen) atoms. The minimum Gasteiger partial charge on any atom is -0.378 e. The highest BCUT2D eigenvalue weighted by molar-refractivity contribution is 6.33. The van der Waals surface area contributed by atoms with Gasteiger partial charge in [-0.1, -0.05) is 11.6 Å². The first-order valence-corrected chi connectivity index (χ1v) is 7.10. The summed E-state index contributed by atoms with van der Waals surface area (Å²) in [5, 5.41) is 3.16. The van der Waals surface area contributed by atoms with E-state index in [2.05, 4.69) is 15.7 Å². The molecule has 4 N–H and O–H groups in total. The Balaban J connectivity index is 1.80. The number of nitrogens with two attached hydrogens (primary N) is 1. The zero-order valence-electron chi connectivity index (χ0n) is 11.2. The number of pyridine rings is 1. The van der Waals surface area contributed by atoms with E-state index in [-0.39, 0.29) is 12.0 Å². The van der Waals surface area contributed by atoms with E-state index in [4.69, 9.17) is 22.2 Å². The minimum atomic E-state index is -0.196. The van der Waals surface area contributed by atoms with E-state index in [0.717, 1.165) is 25.9 Å². The molecule has 2 heterocycles. The zero-order valence-corrected chi connectivity index (χ0v) is 11.9. The number of hydrogen-bond donors (Lipinski definition) is 3. The van der Waals surface area contributed by atoms with Crippen LogP contribution in [0, 0.1) is 0 Å². The number of anilines is 1. The van der Waals surface area contributed by atoms with Crippen LogP contribution in [0.3, 0.4) is 0 Å². The van der Waals surface area contributed by atoms with Crippen molar-refractivity contribution in [2.75, 3.05) is 18.6 Å². The number of aromatic nitrogens is 1. The van der Waals surface area contributed by atoms with E-state index in [9.17, 15) is 4.79 Å². The van der Waals surface area contributed by atoms with Crippen LogP contribution in [0.2, 0.25) is 5.02 Å². The van der Waals surface area contributed by atoms with Crippen molar-refractivity contribution < 1.29 is 9.53 Å². The predicted octanol–water partition coefficient (Wildman–Crippen LogP) is 1.71. The van der Waals surface area contributed by atoms with E-state index in [1.807, 2.05) is 0 Å². The van der Waals surface area contributed by atoms with Gasteiger partial charge in [0, 0.05) is 19.3 Å². The molecule has 1 aromatic rings. The molecular formula is C13H19ClN4O2. The number of ether oxygens (including phenoxy) is 1. The maximum absolute atomic E-state index is 11.9. The molecule has 2 rings (SSSR count). The Hall–Kier alpha value is -1.37. The highest BCUT2D eigenvalue weighted by atomic mass is 35.5. The van der Waals surface area contributed by atoms with Gasteiger partial charge in [0.2, 0.25) is 0 Å². The van der Waals surface area contributed by atoms with Gasteiger partial charge in [-0.25, -0.2) is 10.8 Å². The molecule has 1 amide bonds. The molecule has 1 saturated heterocycles. The predicted molar refractivity (Wildman–Crippen MR) is 77.6 cm³/mol. The number of nitrogens with one attached hydrogen (secondary N) is 2. The molecule has 110 valence electrons. The average Bonchev–Trinajstić information content (AvgIpc) is 2.48. The molecule has 0 saturated carbocycles. The summed E-state index contributed by atoms with van der Waals surface area (Å²) < 4.78 is 5.61. The molecule has 1 unspecified atom stereocenters. The van der Waals surface area contributed by atoms with Crippen molar-refractivity contribution in [3.63, 3.8) is 0 Å². The molecule has 1 aliphatic heterocycles. The smallest absolute Gasteiger partial charge is 0.252 e. The summed E-state index contributed by atoms with van der Waals surface area (Å²) in [4.78, 5) is 15.9. The van der Waals surface area contributed by atoms with Crippen molar-refractivity contribution in [2.45, 2.75) is 31.8 Å². The highest BCUT2D eigenvalue weighted by Gasteiger charge is 2.14. The van der Waals surface area contributed by atoms with E-state index >= 15 is 0 Å².